The molecule has 19 heavy (non-hydrogen) atoms. The molecule has 0 radical (unpaired) electrons. The van der Waals surface area contributed by atoms with E-state index in [9.17, 15) is 18.0 Å². The first-order valence-electron chi connectivity index (χ1n) is 5.52. The average Bonchev–Trinajstić information content (AvgIpc) is 2.29. The van der Waals surface area contributed by atoms with Gasteiger partial charge in [0.25, 0.3) is 0 Å². The van der Waals surface area contributed by atoms with Gasteiger partial charge >= 0.3 is 12.3 Å². The summed E-state index contributed by atoms with van der Waals surface area (Å²) in [6.45, 7) is 1.92. The molecular weight excluding hydrogens is 285 g/mol. The van der Waals surface area contributed by atoms with Crippen LogP contribution in [0.5, 0.6) is 5.75 Å². The molecule has 0 aliphatic heterocycles. The van der Waals surface area contributed by atoms with Gasteiger partial charge in [0, 0.05) is 6.42 Å². The Kier molecular flexibility index (Phi) is 5.47. The van der Waals surface area contributed by atoms with Crippen LogP contribution < -0.4 is 4.74 Å². The van der Waals surface area contributed by atoms with Crippen LogP contribution in [-0.4, -0.2) is 18.9 Å². The molecule has 0 aliphatic rings. The Morgan fingerprint density at radius 1 is 1.37 bits per heavy atom. The van der Waals surface area contributed by atoms with Crippen molar-refractivity contribution in [1.82, 2.24) is 0 Å². The monoisotopic (exact) mass is 296 g/mol. The fraction of sp³-hybridized carbons (Fsp3) is 0.417. The predicted octanol–water partition coefficient (Wildman–Crippen LogP) is 3.73. The molecule has 0 N–H and O–H groups in total. The maximum absolute atomic E-state index is 12.1. The summed E-state index contributed by atoms with van der Waals surface area (Å²) in [5.74, 6) is -0.906. The van der Waals surface area contributed by atoms with Gasteiger partial charge in [-0.2, -0.15) is 0 Å². The van der Waals surface area contributed by atoms with Crippen LogP contribution in [0.15, 0.2) is 18.2 Å². The fourth-order valence-electron chi connectivity index (χ4n) is 1.42. The van der Waals surface area contributed by atoms with E-state index in [0.29, 0.717) is 5.56 Å². The molecule has 0 saturated carbocycles. The lowest BCUT2D eigenvalue weighted by Gasteiger charge is -2.12. The molecule has 0 atom stereocenters. The molecule has 0 fully saturated rings. The molecule has 3 nitrogen and oxygen atoms in total. The van der Waals surface area contributed by atoms with Gasteiger partial charge in [-0.3, -0.25) is 4.79 Å². The van der Waals surface area contributed by atoms with Crippen molar-refractivity contribution in [2.75, 3.05) is 6.61 Å². The molecule has 0 unspecified atom stereocenters. The van der Waals surface area contributed by atoms with E-state index in [0.717, 1.165) is 6.07 Å². The van der Waals surface area contributed by atoms with Crippen molar-refractivity contribution >= 4 is 17.6 Å². The highest BCUT2D eigenvalue weighted by Crippen LogP contribution is 2.33. The highest BCUT2D eigenvalue weighted by molar-refractivity contribution is 6.32. The van der Waals surface area contributed by atoms with E-state index in [1.54, 1.807) is 6.92 Å². The van der Waals surface area contributed by atoms with E-state index in [2.05, 4.69) is 4.74 Å². The van der Waals surface area contributed by atoms with Gasteiger partial charge in [-0.25, -0.2) is 0 Å². The Labute approximate surface area is 113 Å². The largest absolute Gasteiger partial charge is 0.573 e. The maximum Gasteiger partial charge on any atom is 0.573 e. The summed E-state index contributed by atoms with van der Waals surface area (Å²) in [5, 5.41) is -0.149. The second kappa shape index (κ2) is 6.65. The van der Waals surface area contributed by atoms with Gasteiger partial charge in [0.1, 0.15) is 5.75 Å². The number of carbonyl (C=O) groups is 1. The zero-order valence-electron chi connectivity index (χ0n) is 10.1. The number of hydrogen-bond donors (Lipinski definition) is 0. The van der Waals surface area contributed by atoms with Crippen molar-refractivity contribution in [3.63, 3.8) is 0 Å². The van der Waals surface area contributed by atoms with Gasteiger partial charge in [-0.15, -0.1) is 13.2 Å². The summed E-state index contributed by atoms with van der Waals surface area (Å²) in [6.07, 6.45) is -4.57. The van der Waals surface area contributed by atoms with Crippen molar-refractivity contribution in [2.45, 2.75) is 26.1 Å². The molecule has 106 valence electrons. The smallest absolute Gasteiger partial charge is 0.466 e. The molecule has 7 heteroatoms. The SMILES string of the molecule is CCOC(=O)CCc1cccc(OC(F)(F)F)c1Cl. The fourth-order valence-corrected chi connectivity index (χ4v) is 1.68. The van der Waals surface area contributed by atoms with Crippen LogP contribution in [0.4, 0.5) is 13.2 Å². The number of benzene rings is 1. The third-order valence-corrected chi connectivity index (χ3v) is 2.60. The zero-order chi connectivity index (χ0) is 14.5. The summed E-state index contributed by atoms with van der Waals surface area (Å²) < 4.78 is 44.8. The minimum absolute atomic E-state index is 0.0447. The highest BCUT2D eigenvalue weighted by atomic mass is 35.5. The van der Waals surface area contributed by atoms with Crippen LogP contribution in [0.1, 0.15) is 18.9 Å². The van der Waals surface area contributed by atoms with Crippen molar-refractivity contribution in [3.05, 3.63) is 28.8 Å². The number of esters is 1. The lowest BCUT2D eigenvalue weighted by atomic mass is 10.1. The number of rotatable bonds is 5. The quantitative estimate of drug-likeness (QED) is 0.777. The predicted molar refractivity (Wildman–Crippen MR) is 63.1 cm³/mol. The first-order valence-corrected chi connectivity index (χ1v) is 5.90. The van der Waals surface area contributed by atoms with Crippen LogP contribution in [0.2, 0.25) is 5.02 Å². The van der Waals surface area contributed by atoms with Crippen LogP contribution in [-0.2, 0) is 16.0 Å². The first kappa shape index (κ1) is 15.6. The molecular formula is C12H12ClF3O3. The van der Waals surface area contributed by atoms with Crippen LogP contribution in [0.3, 0.4) is 0 Å². The minimum Gasteiger partial charge on any atom is -0.466 e. The highest BCUT2D eigenvalue weighted by Gasteiger charge is 2.32. The lowest BCUT2D eigenvalue weighted by Crippen LogP contribution is -2.17. The second-order valence-electron chi connectivity index (χ2n) is 3.58. The van der Waals surface area contributed by atoms with E-state index in [1.165, 1.54) is 12.1 Å². The van der Waals surface area contributed by atoms with Gasteiger partial charge in [0.05, 0.1) is 11.6 Å². The number of aryl methyl sites for hydroxylation is 1. The average molecular weight is 297 g/mol. The van der Waals surface area contributed by atoms with E-state index >= 15 is 0 Å². The Balaban J connectivity index is 2.75. The first-order chi connectivity index (χ1) is 8.83. The number of ether oxygens (including phenoxy) is 2. The normalized spacial score (nSPS) is 11.2. The molecule has 1 aromatic carbocycles. The second-order valence-corrected chi connectivity index (χ2v) is 3.96. The maximum atomic E-state index is 12.1. The van der Waals surface area contributed by atoms with Gasteiger partial charge in [0.2, 0.25) is 0 Å². The van der Waals surface area contributed by atoms with E-state index in [4.69, 9.17) is 16.3 Å². The topological polar surface area (TPSA) is 35.5 Å². The number of hydrogen-bond acceptors (Lipinski definition) is 3. The summed E-state index contributed by atoms with van der Waals surface area (Å²) in [7, 11) is 0. The molecule has 1 aromatic rings. The van der Waals surface area contributed by atoms with Gasteiger partial charge < -0.3 is 9.47 Å². The molecule has 0 bridgehead atoms. The summed E-state index contributed by atoms with van der Waals surface area (Å²) in [5.41, 5.74) is 0.400. The van der Waals surface area contributed by atoms with Crippen molar-refractivity contribution < 1.29 is 27.4 Å². The molecule has 0 aliphatic carbocycles. The van der Waals surface area contributed by atoms with Crippen molar-refractivity contribution in [2.24, 2.45) is 0 Å². The Morgan fingerprint density at radius 3 is 2.63 bits per heavy atom. The van der Waals surface area contributed by atoms with Gasteiger partial charge in [0.15, 0.2) is 0 Å². The summed E-state index contributed by atoms with van der Waals surface area (Å²) in [6, 6.07) is 4.03. The lowest BCUT2D eigenvalue weighted by molar-refractivity contribution is -0.274. The molecule has 0 aromatic heterocycles. The van der Waals surface area contributed by atoms with Gasteiger partial charge in [-0.1, -0.05) is 23.7 Å². The number of halogens is 4. The van der Waals surface area contributed by atoms with Crippen LogP contribution in [0, 0.1) is 0 Å². The zero-order valence-corrected chi connectivity index (χ0v) is 10.8. The minimum atomic E-state index is -4.80. The van der Waals surface area contributed by atoms with Crippen molar-refractivity contribution in [1.29, 1.82) is 0 Å². The van der Waals surface area contributed by atoms with E-state index in [-0.39, 0.29) is 24.5 Å². The Morgan fingerprint density at radius 2 is 2.05 bits per heavy atom. The van der Waals surface area contributed by atoms with Crippen LogP contribution >= 0.6 is 11.6 Å². The third kappa shape index (κ3) is 5.38. The molecule has 0 amide bonds. The molecule has 0 spiro atoms. The molecule has 0 heterocycles. The summed E-state index contributed by atoms with van der Waals surface area (Å²) in [4.78, 5) is 11.2. The van der Waals surface area contributed by atoms with E-state index in [1.807, 2.05) is 0 Å². The molecule has 0 saturated heterocycles. The van der Waals surface area contributed by atoms with Crippen LogP contribution in [0.25, 0.3) is 0 Å². The molecule has 1 rings (SSSR count). The van der Waals surface area contributed by atoms with Gasteiger partial charge in [-0.05, 0) is 25.0 Å². The Bertz CT molecular complexity index is 446. The summed E-state index contributed by atoms with van der Waals surface area (Å²) >= 11 is 5.80. The Hall–Kier alpha value is -1.43. The van der Waals surface area contributed by atoms with E-state index < -0.39 is 18.1 Å². The number of carbonyl (C=O) groups excluding carboxylic acids is 1. The van der Waals surface area contributed by atoms with Crippen molar-refractivity contribution in [3.8, 4) is 5.75 Å². The number of alkyl halides is 3. The standard InChI is InChI=1S/C12H12ClF3O3/c1-2-18-10(17)7-6-8-4-3-5-9(11(8)13)19-12(14,15)16/h3-5H,2,6-7H2,1H3. The third-order valence-electron chi connectivity index (χ3n) is 2.17.